The predicted molar refractivity (Wildman–Crippen MR) is 132 cm³/mol. The minimum absolute atomic E-state index is 0.101. The van der Waals surface area contributed by atoms with Crippen molar-refractivity contribution in [3.8, 4) is 17.2 Å². The molecule has 0 atom stereocenters. The number of nitrogens with zero attached hydrogens (tertiary/aromatic N) is 3. The fourth-order valence-electron chi connectivity index (χ4n) is 3.44. The van der Waals surface area contributed by atoms with Crippen LogP contribution in [0.4, 0.5) is 0 Å². The molecule has 0 unspecified atom stereocenters. The largest absolute Gasteiger partial charge is 0.492 e. The van der Waals surface area contributed by atoms with Crippen LogP contribution in [-0.2, 0) is 13.1 Å². The standard InChI is InChI=1S/C26H29N5O5/c1-31(2)8-9-34-20-5-3-4-18(12-20)15-27-25(32)21-14-22(30-17-29-21)26(33)28-16-19-6-7-23-24(13-19)36-11-10-35-23/h3-7,12-14,17H,8-11,15-16H2,1-2H3,(H,27,32)(H,28,33). The first-order chi connectivity index (χ1) is 17.5. The third-order valence-corrected chi connectivity index (χ3v) is 5.35. The van der Waals surface area contributed by atoms with Gasteiger partial charge < -0.3 is 29.7 Å². The molecular formula is C26H29N5O5. The Morgan fingerprint density at radius 3 is 2.25 bits per heavy atom. The minimum Gasteiger partial charge on any atom is -0.492 e. The number of nitrogens with one attached hydrogen (secondary N) is 2. The Bertz CT molecular complexity index is 1220. The van der Waals surface area contributed by atoms with Crippen molar-refractivity contribution in [3.05, 3.63) is 77.4 Å². The fourth-order valence-corrected chi connectivity index (χ4v) is 3.44. The second kappa shape index (κ2) is 12.0. The van der Waals surface area contributed by atoms with Crippen molar-refractivity contribution in [3.63, 3.8) is 0 Å². The van der Waals surface area contributed by atoms with E-state index in [9.17, 15) is 9.59 Å². The molecule has 3 aromatic rings. The summed E-state index contributed by atoms with van der Waals surface area (Å²) in [5.74, 6) is 1.26. The van der Waals surface area contributed by atoms with Gasteiger partial charge in [0.05, 0.1) is 0 Å². The number of hydrogen-bond donors (Lipinski definition) is 2. The highest BCUT2D eigenvalue weighted by Crippen LogP contribution is 2.30. The first kappa shape index (κ1) is 24.9. The van der Waals surface area contributed by atoms with Crippen molar-refractivity contribution in [2.24, 2.45) is 0 Å². The first-order valence-corrected chi connectivity index (χ1v) is 11.6. The maximum absolute atomic E-state index is 12.6. The zero-order valence-corrected chi connectivity index (χ0v) is 20.3. The maximum Gasteiger partial charge on any atom is 0.270 e. The maximum atomic E-state index is 12.6. The van der Waals surface area contributed by atoms with Gasteiger partial charge in [0.2, 0.25) is 0 Å². The SMILES string of the molecule is CN(C)CCOc1cccc(CNC(=O)c2cc(C(=O)NCc3ccc4c(c3)OCCO4)ncn2)c1. The highest BCUT2D eigenvalue weighted by molar-refractivity contribution is 5.97. The first-order valence-electron chi connectivity index (χ1n) is 11.6. The number of carbonyl (C=O) groups is 2. The molecule has 0 bridgehead atoms. The molecule has 36 heavy (non-hydrogen) atoms. The lowest BCUT2D eigenvalue weighted by Crippen LogP contribution is -2.27. The molecule has 2 aromatic carbocycles. The topological polar surface area (TPSA) is 115 Å². The molecule has 1 aliphatic rings. The van der Waals surface area contributed by atoms with Gasteiger partial charge in [-0.2, -0.15) is 0 Å². The summed E-state index contributed by atoms with van der Waals surface area (Å²) in [4.78, 5) is 35.3. The van der Waals surface area contributed by atoms with Gasteiger partial charge >= 0.3 is 0 Å². The van der Waals surface area contributed by atoms with E-state index in [-0.39, 0.29) is 17.9 Å². The van der Waals surface area contributed by atoms with Gasteiger partial charge in [-0.15, -0.1) is 0 Å². The van der Waals surface area contributed by atoms with Crippen LogP contribution in [0.3, 0.4) is 0 Å². The lowest BCUT2D eigenvalue weighted by Gasteiger charge is -2.18. The third-order valence-electron chi connectivity index (χ3n) is 5.35. The van der Waals surface area contributed by atoms with Crippen LogP contribution < -0.4 is 24.8 Å². The van der Waals surface area contributed by atoms with E-state index < -0.39 is 11.8 Å². The normalized spacial score (nSPS) is 12.2. The Morgan fingerprint density at radius 2 is 1.56 bits per heavy atom. The van der Waals surface area contributed by atoms with Crippen molar-refractivity contribution in [1.82, 2.24) is 25.5 Å². The Hall–Kier alpha value is -4.18. The lowest BCUT2D eigenvalue weighted by molar-refractivity contribution is 0.0944. The molecule has 2 N–H and O–H groups in total. The van der Waals surface area contributed by atoms with Crippen LogP contribution in [0.15, 0.2) is 54.9 Å². The van der Waals surface area contributed by atoms with E-state index in [0.29, 0.717) is 37.9 Å². The Labute approximate surface area is 209 Å². The summed E-state index contributed by atoms with van der Waals surface area (Å²) in [7, 11) is 3.97. The van der Waals surface area contributed by atoms with Crippen molar-refractivity contribution in [2.75, 3.05) is 40.5 Å². The van der Waals surface area contributed by atoms with Crippen LogP contribution >= 0.6 is 0 Å². The van der Waals surface area contributed by atoms with Crippen LogP contribution in [-0.4, -0.2) is 67.1 Å². The average molecular weight is 492 g/mol. The number of aromatic nitrogens is 2. The van der Waals surface area contributed by atoms with Gasteiger partial charge in [0.25, 0.3) is 11.8 Å². The van der Waals surface area contributed by atoms with Crippen LogP contribution in [0.2, 0.25) is 0 Å². The number of fused-ring (bicyclic) bond motifs is 1. The molecule has 0 aliphatic carbocycles. The summed E-state index contributed by atoms with van der Waals surface area (Å²) in [6.07, 6.45) is 1.20. The van der Waals surface area contributed by atoms with Gasteiger partial charge in [-0.1, -0.05) is 18.2 Å². The predicted octanol–water partition coefficient (Wildman–Crippen LogP) is 2.05. The third kappa shape index (κ3) is 6.92. The molecule has 0 radical (unpaired) electrons. The zero-order valence-electron chi connectivity index (χ0n) is 20.3. The summed E-state index contributed by atoms with van der Waals surface area (Å²) in [5, 5.41) is 5.62. The molecule has 0 spiro atoms. The smallest absolute Gasteiger partial charge is 0.270 e. The van der Waals surface area contributed by atoms with Gasteiger partial charge in [-0.05, 0) is 49.5 Å². The number of amides is 2. The molecule has 1 aromatic heterocycles. The minimum atomic E-state index is -0.413. The van der Waals surface area contributed by atoms with Crippen molar-refractivity contribution in [1.29, 1.82) is 0 Å². The molecule has 1 aliphatic heterocycles. The summed E-state index contributed by atoms with van der Waals surface area (Å²) < 4.78 is 16.8. The quantitative estimate of drug-likeness (QED) is 0.443. The zero-order chi connectivity index (χ0) is 25.3. The molecule has 188 valence electrons. The molecule has 2 amide bonds. The second-order valence-electron chi connectivity index (χ2n) is 8.43. The van der Waals surface area contributed by atoms with E-state index >= 15 is 0 Å². The van der Waals surface area contributed by atoms with E-state index in [1.807, 2.05) is 61.5 Å². The molecule has 2 heterocycles. The molecule has 10 nitrogen and oxygen atoms in total. The number of ether oxygens (including phenoxy) is 3. The number of likely N-dealkylation sites (N-methyl/N-ethyl adjacent to an activating group) is 1. The Morgan fingerprint density at radius 1 is 0.889 bits per heavy atom. The molecular weight excluding hydrogens is 462 g/mol. The second-order valence-corrected chi connectivity index (χ2v) is 8.43. The lowest BCUT2D eigenvalue weighted by atomic mass is 10.2. The van der Waals surface area contributed by atoms with Crippen molar-refractivity contribution in [2.45, 2.75) is 13.1 Å². The average Bonchev–Trinajstić information content (AvgIpc) is 2.90. The number of carbonyl (C=O) groups excluding carboxylic acids is 2. The monoisotopic (exact) mass is 491 g/mol. The number of hydrogen-bond acceptors (Lipinski definition) is 8. The summed E-state index contributed by atoms with van der Waals surface area (Å²) in [5.41, 5.74) is 1.95. The summed E-state index contributed by atoms with van der Waals surface area (Å²) in [6.45, 7) is 2.95. The number of rotatable bonds is 10. The van der Waals surface area contributed by atoms with E-state index in [2.05, 4.69) is 20.6 Å². The van der Waals surface area contributed by atoms with E-state index in [0.717, 1.165) is 23.4 Å². The highest BCUT2D eigenvalue weighted by Gasteiger charge is 2.15. The highest BCUT2D eigenvalue weighted by atomic mass is 16.6. The summed E-state index contributed by atoms with van der Waals surface area (Å²) >= 11 is 0. The van der Waals surface area contributed by atoms with Gasteiger partial charge in [-0.3, -0.25) is 9.59 Å². The van der Waals surface area contributed by atoms with Crippen LogP contribution in [0.5, 0.6) is 17.2 Å². The van der Waals surface area contributed by atoms with Crippen molar-refractivity contribution < 1.29 is 23.8 Å². The molecule has 0 saturated carbocycles. The van der Waals surface area contributed by atoms with Crippen molar-refractivity contribution >= 4 is 11.8 Å². The Kier molecular flexibility index (Phi) is 8.30. The van der Waals surface area contributed by atoms with Gasteiger partial charge in [0, 0.05) is 25.7 Å². The number of benzene rings is 2. The van der Waals surface area contributed by atoms with E-state index in [1.54, 1.807) is 0 Å². The molecule has 10 heteroatoms. The van der Waals surface area contributed by atoms with Gasteiger partial charge in [-0.25, -0.2) is 9.97 Å². The van der Waals surface area contributed by atoms with E-state index in [4.69, 9.17) is 14.2 Å². The van der Waals surface area contributed by atoms with Crippen LogP contribution in [0, 0.1) is 0 Å². The summed E-state index contributed by atoms with van der Waals surface area (Å²) in [6, 6.07) is 14.4. The van der Waals surface area contributed by atoms with Gasteiger partial charge in [0.15, 0.2) is 11.5 Å². The Balaban J connectivity index is 1.30. The fraction of sp³-hybridized carbons (Fsp3) is 0.308. The molecule has 0 saturated heterocycles. The van der Waals surface area contributed by atoms with E-state index in [1.165, 1.54) is 12.4 Å². The molecule has 4 rings (SSSR count). The molecule has 0 fully saturated rings. The van der Waals surface area contributed by atoms with Gasteiger partial charge in [0.1, 0.15) is 43.3 Å². The van der Waals surface area contributed by atoms with Crippen LogP contribution in [0.1, 0.15) is 32.1 Å². The van der Waals surface area contributed by atoms with Crippen LogP contribution in [0.25, 0.3) is 0 Å².